The molecular weight excluding hydrogens is 284 g/mol. The molecule has 0 unspecified atom stereocenters. The first-order valence-electron chi connectivity index (χ1n) is 6.69. The molecule has 0 atom stereocenters. The van der Waals surface area contributed by atoms with Gasteiger partial charge in [-0.3, -0.25) is 0 Å². The number of halogens is 1. The summed E-state index contributed by atoms with van der Waals surface area (Å²) in [5.74, 6) is 0. The quantitative estimate of drug-likeness (QED) is 0.796. The molecule has 0 bridgehead atoms. The molecule has 1 aromatic heterocycles. The summed E-state index contributed by atoms with van der Waals surface area (Å²) < 4.78 is 0. The number of hydrogen-bond acceptors (Lipinski definition) is 3. The van der Waals surface area contributed by atoms with Crippen molar-refractivity contribution in [2.24, 2.45) is 0 Å². The van der Waals surface area contributed by atoms with Gasteiger partial charge in [-0.1, -0.05) is 35.9 Å². The summed E-state index contributed by atoms with van der Waals surface area (Å²) in [6, 6.07) is 15.7. The van der Waals surface area contributed by atoms with Crippen LogP contribution < -0.4 is 5.32 Å². The van der Waals surface area contributed by atoms with Crippen LogP contribution in [-0.4, -0.2) is 15.0 Å². The van der Waals surface area contributed by atoms with Crippen LogP contribution in [0.1, 0.15) is 11.3 Å². The van der Waals surface area contributed by atoms with Crippen molar-refractivity contribution in [1.29, 1.82) is 0 Å². The van der Waals surface area contributed by atoms with Crippen LogP contribution >= 0.6 is 11.6 Å². The van der Waals surface area contributed by atoms with E-state index in [2.05, 4.69) is 15.5 Å². The standard InChI is InChI=1S/C16H15ClN4/c1-12-7-8-13(9-16(12)17)18-10-14-11-19-21(20-14)15-5-3-2-4-6-15/h2-9,11,18H,10H2,1H3. The third kappa shape index (κ3) is 3.23. The predicted octanol–water partition coefficient (Wildman–Crippen LogP) is 3.84. The molecule has 3 rings (SSSR count). The summed E-state index contributed by atoms with van der Waals surface area (Å²) in [4.78, 5) is 1.62. The highest BCUT2D eigenvalue weighted by atomic mass is 35.5. The van der Waals surface area contributed by atoms with Gasteiger partial charge >= 0.3 is 0 Å². The Morgan fingerprint density at radius 2 is 1.95 bits per heavy atom. The lowest BCUT2D eigenvalue weighted by atomic mass is 10.2. The van der Waals surface area contributed by atoms with E-state index in [0.29, 0.717) is 6.54 Å². The molecule has 0 saturated heterocycles. The molecule has 21 heavy (non-hydrogen) atoms. The lowest BCUT2D eigenvalue weighted by Gasteiger charge is -2.06. The number of nitrogens with zero attached hydrogens (tertiary/aromatic N) is 3. The van der Waals surface area contributed by atoms with Crippen molar-refractivity contribution >= 4 is 17.3 Å². The minimum absolute atomic E-state index is 0.603. The van der Waals surface area contributed by atoms with Crippen LogP contribution in [0.15, 0.2) is 54.7 Å². The number of hydrogen-bond donors (Lipinski definition) is 1. The zero-order valence-electron chi connectivity index (χ0n) is 11.6. The number of aryl methyl sites for hydroxylation is 1. The second-order valence-electron chi connectivity index (χ2n) is 4.78. The Labute approximate surface area is 128 Å². The lowest BCUT2D eigenvalue weighted by Crippen LogP contribution is -2.02. The number of rotatable bonds is 4. The Balaban J connectivity index is 1.69. The van der Waals surface area contributed by atoms with E-state index in [1.165, 1.54) is 0 Å². The Morgan fingerprint density at radius 1 is 1.14 bits per heavy atom. The Hall–Kier alpha value is -2.33. The molecule has 2 aromatic carbocycles. The van der Waals surface area contributed by atoms with Gasteiger partial charge in [-0.2, -0.15) is 15.0 Å². The molecule has 1 N–H and O–H groups in total. The summed E-state index contributed by atoms with van der Waals surface area (Å²) in [7, 11) is 0. The predicted molar refractivity (Wildman–Crippen MR) is 84.9 cm³/mol. The van der Waals surface area contributed by atoms with Gasteiger partial charge in [0, 0.05) is 10.7 Å². The Kier molecular flexibility index (Phi) is 3.88. The van der Waals surface area contributed by atoms with E-state index in [4.69, 9.17) is 11.6 Å². The summed E-state index contributed by atoms with van der Waals surface area (Å²) >= 11 is 6.11. The third-order valence-corrected chi connectivity index (χ3v) is 3.58. The molecule has 4 nitrogen and oxygen atoms in total. The summed E-state index contributed by atoms with van der Waals surface area (Å²) in [6.45, 7) is 2.59. The van der Waals surface area contributed by atoms with Crippen molar-refractivity contribution in [3.8, 4) is 5.69 Å². The van der Waals surface area contributed by atoms with Gasteiger partial charge in [0.15, 0.2) is 0 Å². The molecule has 0 spiro atoms. The molecule has 0 aliphatic carbocycles. The maximum atomic E-state index is 6.11. The van der Waals surface area contributed by atoms with E-state index in [1.807, 2.05) is 55.5 Å². The fourth-order valence-electron chi connectivity index (χ4n) is 1.96. The summed E-state index contributed by atoms with van der Waals surface area (Å²) in [5.41, 5.74) is 3.86. The topological polar surface area (TPSA) is 42.7 Å². The zero-order chi connectivity index (χ0) is 14.7. The molecule has 5 heteroatoms. The maximum absolute atomic E-state index is 6.11. The molecule has 0 radical (unpaired) electrons. The zero-order valence-corrected chi connectivity index (χ0v) is 12.4. The van der Waals surface area contributed by atoms with E-state index >= 15 is 0 Å². The van der Waals surface area contributed by atoms with Crippen LogP contribution in [0, 0.1) is 6.92 Å². The first-order chi connectivity index (χ1) is 10.2. The Morgan fingerprint density at radius 3 is 2.71 bits per heavy atom. The highest BCUT2D eigenvalue weighted by Crippen LogP contribution is 2.20. The number of anilines is 1. The SMILES string of the molecule is Cc1ccc(NCc2cnn(-c3ccccc3)n2)cc1Cl. The monoisotopic (exact) mass is 298 g/mol. The Bertz CT molecular complexity index is 737. The third-order valence-electron chi connectivity index (χ3n) is 3.17. The number of nitrogens with one attached hydrogen (secondary N) is 1. The largest absolute Gasteiger partial charge is 0.379 e. The maximum Gasteiger partial charge on any atom is 0.102 e. The normalized spacial score (nSPS) is 10.6. The number of aromatic nitrogens is 3. The van der Waals surface area contributed by atoms with Crippen molar-refractivity contribution in [2.75, 3.05) is 5.32 Å². The molecule has 0 saturated carbocycles. The fourth-order valence-corrected chi connectivity index (χ4v) is 2.14. The van der Waals surface area contributed by atoms with Crippen LogP contribution in [0.5, 0.6) is 0 Å². The molecule has 1 heterocycles. The summed E-state index contributed by atoms with van der Waals surface area (Å²) in [5, 5.41) is 12.8. The molecule has 3 aromatic rings. The minimum atomic E-state index is 0.603. The first-order valence-corrected chi connectivity index (χ1v) is 7.07. The van der Waals surface area contributed by atoms with Gasteiger partial charge in [0.2, 0.25) is 0 Å². The van der Waals surface area contributed by atoms with Crippen molar-refractivity contribution in [3.05, 3.63) is 71.0 Å². The fraction of sp³-hybridized carbons (Fsp3) is 0.125. The average Bonchev–Trinajstić information content (AvgIpc) is 2.98. The van der Waals surface area contributed by atoms with Gasteiger partial charge in [-0.15, -0.1) is 0 Å². The first kappa shape index (κ1) is 13.6. The molecule has 0 fully saturated rings. The lowest BCUT2D eigenvalue weighted by molar-refractivity contribution is 0.740. The molecule has 0 aliphatic heterocycles. The van der Waals surface area contributed by atoms with Gasteiger partial charge < -0.3 is 5.32 Å². The molecular formula is C16H15ClN4. The van der Waals surface area contributed by atoms with E-state index in [9.17, 15) is 0 Å². The molecule has 0 amide bonds. The van der Waals surface area contributed by atoms with Crippen molar-refractivity contribution in [3.63, 3.8) is 0 Å². The van der Waals surface area contributed by atoms with Crippen LogP contribution in [-0.2, 0) is 6.54 Å². The second-order valence-corrected chi connectivity index (χ2v) is 5.19. The van der Waals surface area contributed by atoms with E-state index in [1.54, 1.807) is 11.0 Å². The van der Waals surface area contributed by atoms with Gasteiger partial charge in [0.25, 0.3) is 0 Å². The second kappa shape index (κ2) is 5.97. The van der Waals surface area contributed by atoms with Gasteiger partial charge in [-0.25, -0.2) is 0 Å². The highest BCUT2D eigenvalue weighted by molar-refractivity contribution is 6.31. The van der Waals surface area contributed by atoms with E-state index in [-0.39, 0.29) is 0 Å². The van der Waals surface area contributed by atoms with Crippen LogP contribution in [0.3, 0.4) is 0 Å². The van der Waals surface area contributed by atoms with Crippen molar-refractivity contribution in [1.82, 2.24) is 15.0 Å². The van der Waals surface area contributed by atoms with E-state index < -0.39 is 0 Å². The van der Waals surface area contributed by atoms with E-state index in [0.717, 1.165) is 27.7 Å². The van der Waals surface area contributed by atoms with Crippen molar-refractivity contribution in [2.45, 2.75) is 13.5 Å². The van der Waals surface area contributed by atoms with Gasteiger partial charge in [0.1, 0.15) is 5.69 Å². The number of para-hydroxylation sites is 1. The van der Waals surface area contributed by atoms with Gasteiger partial charge in [-0.05, 0) is 36.8 Å². The highest BCUT2D eigenvalue weighted by Gasteiger charge is 2.03. The molecule has 0 aliphatic rings. The molecule has 106 valence electrons. The number of benzene rings is 2. The minimum Gasteiger partial charge on any atom is -0.379 e. The van der Waals surface area contributed by atoms with Crippen LogP contribution in [0.2, 0.25) is 5.02 Å². The smallest absolute Gasteiger partial charge is 0.102 e. The van der Waals surface area contributed by atoms with Gasteiger partial charge in [0.05, 0.1) is 18.4 Å². The summed E-state index contributed by atoms with van der Waals surface area (Å²) in [6.07, 6.45) is 1.76. The van der Waals surface area contributed by atoms with Crippen LogP contribution in [0.4, 0.5) is 5.69 Å². The van der Waals surface area contributed by atoms with Crippen LogP contribution in [0.25, 0.3) is 5.69 Å². The average molecular weight is 299 g/mol. The van der Waals surface area contributed by atoms with Crippen molar-refractivity contribution < 1.29 is 0 Å².